The number of hydrogen-bond donors (Lipinski definition) is 3. The predicted octanol–water partition coefficient (Wildman–Crippen LogP) is -0.163. The Kier molecular flexibility index (Phi) is 4.47. The molecule has 4 N–H and O–H groups in total. The number of ether oxygens (including phenoxy) is 1. The van der Waals surface area contributed by atoms with E-state index in [1.54, 1.807) is 24.3 Å². The van der Waals surface area contributed by atoms with Crippen molar-refractivity contribution in [3.05, 3.63) is 29.8 Å². The summed E-state index contributed by atoms with van der Waals surface area (Å²) in [6.45, 7) is -0.156. The molecule has 6 heteroatoms. The van der Waals surface area contributed by atoms with E-state index in [9.17, 15) is 9.59 Å². The monoisotopic (exact) mass is 238 g/mol. The summed E-state index contributed by atoms with van der Waals surface area (Å²) in [7, 11) is 1.52. The van der Waals surface area contributed by atoms with Gasteiger partial charge in [-0.2, -0.15) is 0 Å². The highest BCUT2D eigenvalue weighted by Crippen LogP contribution is 2.11. The summed E-state index contributed by atoms with van der Waals surface area (Å²) in [5.41, 5.74) is 5.58. The van der Waals surface area contributed by atoms with E-state index >= 15 is 0 Å². The van der Waals surface area contributed by atoms with Crippen molar-refractivity contribution < 1.29 is 19.4 Å². The lowest BCUT2D eigenvalue weighted by Crippen LogP contribution is -2.45. The lowest BCUT2D eigenvalue weighted by molar-refractivity contribution is -0.138. The molecule has 0 aliphatic carbocycles. The van der Waals surface area contributed by atoms with E-state index < -0.39 is 17.9 Å². The van der Waals surface area contributed by atoms with Crippen LogP contribution >= 0.6 is 0 Å². The lowest BCUT2D eigenvalue weighted by atomic mass is 10.2. The maximum Gasteiger partial charge on any atom is 0.327 e. The summed E-state index contributed by atoms with van der Waals surface area (Å²) in [4.78, 5) is 22.3. The maximum atomic E-state index is 11.6. The molecule has 0 aliphatic heterocycles. The highest BCUT2D eigenvalue weighted by atomic mass is 16.5. The molecule has 0 saturated heterocycles. The Morgan fingerprint density at radius 1 is 1.41 bits per heavy atom. The Balaban J connectivity index is 2.72. The van der Waals surface area contributed by atoms with Gasteiger partial charge in [0.1, 0.15) is 11.8 Å². The second-order valence-electron chi connectivity index (χ2n) is 3.33. The van der Waals surface area contributed by atoms with Crippen LogP contribution in [0.4, 0.5) is 0 Å². The molecule has 1 rings (SSSR count). The zero-order valence-electron chi connectivity index (χ0n) is 9.34. The maximum absolute atomic E-state index is 11.6. The third-order valence-electron chi connectivity index (χ3n) is 2.19. The van der Waals surface area contributed by atoms with Gasteiger partial charge in [0.25, 0.3) is 5.91 Å². The van der Waals surface area contributed by atoms with Gasteiger partial charge in [0.15, 0.2) is 0 Å². The number of carbonyl (C=O) groups excluding carboxylic acids is 1. The molecule has 0 fully saturated rings. The van der Waals surface area contributed by atoms with E-state index in [0.717, 1.165) is 0 Å². The minimum Gasteiger partial charge on any atom is -0.497 e. The van der Waals surface area contributed by atoms with Gasteiger partial charge in [-0.25, -0.2) is 4.79 Å². The third-order valence-corrected chi connectivity index (χ3v) is 2.19. The van der Waals surface area contributed by atoms with Crippen LogP contribution in [0.5, 0.6) is 5.75 Å². The number of carbonyl (C=O) groups is 2. The Labute approximate surface area is 98.4 Å². The van der Waals surface area contributed by atoms with Crippen LogP contribution in [0.3, 0.4) is 0 Å². The minimum absolute atomic E-state index is 0.156. The standard InChI is InChI=1S/C11H14N2O4/c1-17-8-4-2-7(3-5-8)10(14)13-9(6-12)11(15)16/h2-5,9H,6,12H2,1H3,(H,13,14)(H,15,16)/t9-/m0/s1. The Bertz CT molecular complexity index is 402. The summed E-state index contributed by atoms with van der Waals surface area (Å²) >= 11 is 0. The highest BCUT2D eigenvalue weighted by Gasteiger charge is 2.18. The lowest BCUT2D eigenvalue weighted by Gasteiger charge is -2.12. The third kappa shape index (κ3) is 3.46. The van der Waals surface area contributed by atoms with E-state index in [2.05, 4.69) is 5.32 Å². The average Bonchev–Trinajstić information content (AvgIpc) is 2.35. The molecule has 0 aromatic heterocycles. The van der Waals surface area contributed by atoms with Gasteiger partial charge in [-0.3, -0.25) is 4.79 Å². The normalized spacial score (nSPS) is 11.6. The molecule has 0 saturated carbocycles. The molecule has 1 amide bonds. The van der Waals surface area contributed by atoms with Crippen molar-refractivity contribution in [1.82, 2.24) is 5.32 Å². The van der Waals surface area contributed by atoms with Crippen molar-refractivity contribution in [3.63, 3.8) is 0 Å². The summed E-state index contributed by atoms with van der Waals surface area (Å²) in [6.07, 6.45) is 0. The van der Waals surface area contributed by atoms with Gasteiger partial charge < -0.3 is 20.9 Å². The SMILES string of the molecule is COc1ccc(C(=O)N[C@@H](CN)C(=O)O)cc1. The van der Waals surface area contributed by atoms with Crippen LogP contribution in [0, 0.1) is 0 Å². The van der Waals surface area contributed by atoms with Crippen LogP contribution in [0.25, 0.3) is 0 Å². The fraction of sp³-hybridized carbons (Fsp3) is 0.273. The molecule has 0 spiro atoms. The van der Waals surface area contributed by atoms with Crippen molar-refractivity contribution in [2.24, 2.45) is 5.73 Å². The molecule has 6 nitrogen and oxygen atoms in total. The second kappa shape index (κ2) is 5.86. The first-order valence-corrected chi connectivity index (χ1v) is 4.96. The van der Waals surface area contributed by atoms with E-state index in [1.165, 1.54) is 7.11 Å². The summed E-state index contributed by atoms with van der Waals surface area (Å²) in [5.74, 6) is -1.02. The smallest absolute Gasteiger partial charge is 0.327 e. The molecule has 1 aromatic rings. The number of carboxylic acids is 1. The second-order valence-corrected chi connectivity index (χ2v) is 3.33. The molecular weight excluding hydrogens is 224 g/mol. The number of aliphatic carboxylic acids is 1. The number of nitrogens with two attached hydrogens (primary N) is 1. The first-order valence-electron chi connectivity index (χ1n) is 4.96. The van der Waals surface area contributed by atoms with Gasteiger partial charge in [0, 0.05) is 12.1 Å². The quantitative estimate of drug-likeness (QED) is 0.661. The molecule has 0 bridgehead atoms. The molecular formula is C11H14N2O4. The van der Waals surface area contributed by atoms with Gasteiger partial charge in [-0.15, -0.1) is 0 Å². The zero-order valence-corrected chi connectivity index (χ0v) is 9.34. The van der Waals surface area contributed by atoms with Crippen molar-refractivity contribution >= 4 is 11.9 Å². The Morgan fingerprint density at radius 2 is 2.00 bits per heavy atom. The first kappa shape index (κ1) is 13.0. The average molecular weight is 238 g/mol. The van der Waals surface area contributed by atoms with Gasteiger partial charge in [-0.05, 0) is 24.3 Å². The number of methoxy groups -OCH3 is 1. The van der Waals surface area contributed by atoms with Crippen LogP contribution in [0.2, 0.25) is 0 Å². The predicted molar refractivity (Wildman–Crippen MR) is 60.9 cm³/mol. The number of benzene rings is 1. The first-order chi connectivity index (χ1) is 8.08. The largest absolute Gasteiger partial charge is 0.497 e. The van der Waals surface area contributed by atoms with Gasteiger partial charge >= 0.3 is 5.97 Å². The van der Waals surface area contributed by atoms with Gasteiger partial charge in [0.2, 0.25) is 0 Å². The van der Waals surface area contributed by atoms with Crippen molar-refractivity contribution in [1.29, 1.82) is 0 Å². The molecule has 92 valence electrons. The summed E-state index contributed by atoms with van der Waals surface area (Å²) < 4.78 is 4.94. The van der Waals surface area contributed by atoms with Crippen LogP contribution in [0.1, 0.15) is 10.4 Å². The summed E-state index contributed by atoms with van der Waals surface area (Å²) in [5, 5.41) is 11.1. The fourth-order valence-corrected chi connectivity index (χ4v) is 1.21. The van der Waals surface area contributed by atoms with Crippen LogP contribution in [-0.2, 0) is 4.79 Å². The molecule has 0 radical (unpaired) electrons. The van der Waals surface area contributed by atoms with E-state index in [4.69, 9.17) is 15.6 Å². The van der Waals surface area contributed by atoms with Crippen molar-refractivity contribution in [3.8, 4) is 5.75 Å². The number of hydrogen-bond acceptors (Lipinski definition) is 4. The number of carboxylic acid groups (broad SMARTS) is 1. The fourth-order valence-electron chi connectivity index (χ4n) is 1.21. The minimum atomic E-state index is -1.16. The van der Waals surface area contributed by atoms with Crippen molar-refractivity contribution in [2.45, 2.75) is 6.04 Å². The van der Waals surface area contributed by atoms with Crippen molar-refractivity contribution in [2.75, 3.05) is 13.7 Å². The van der Waals surface area contributed by atoms with E-state index in [1.807, 2.05) is 0 Å². The number of nitrogens with one attached hydrogen (secondary N) is 1. The molecule has 1 atom stereocenters. The molecule has 0 heterocycles. The Hall–Kier alpha value is -2.08. The summed E-state index contributed by atoms with van der Waals surface area (Å²) in [6, 6.07) is 5.25. The van der Waals surface area contributed by atoms with E-state index in [-0.39, 0.29) is 6.54 Å². The zero-order chi connectivity index (χ0) is 12.8. The molecule has 1 aromatic carbocycles. The highest BCUT2D eigenvalue weighted by molar-refractivity contribution is 5.96. The number of rotatable bonds is 5. The molecule has 17 heavy (non-hydrogen) atoms. The van der Waals surface area contributed by atoms with E-state index in [0.29, 0.717) is 11.3 Å². The Morgan fingerprint density at radius 3 is 2.41 bits per heavy atom. The molecule has 0 aliphatic rings. The number of amides is 1. The van der Waals surface area contributed by atoms with Crippen LogP contribution < -0.4 is 15.8 Å². The van der Waals surface area contributed by atoms with Crippen LogP contribution in [0.15, 0.2) is 24.3 Å². The topological polar surface area (TPSA) is 102 Å². The van der Waals surface area contributed by atoms with Gasteiger partial charge in [-0.1, -0.05) is 0 Å². The van der Waals surface area contributed by atoms with Crippen LogP contribution in [-0.4, -0.2) is 36.7 Å². The van der Waals surface area contributed by atoms with Gasteiger partial charge in [0.05, 0.1) is 7.11 Å². The molecule has 0 unspecified atom stereocenters.